The molecule has 0 aliphatic carbocycles. The van der Waals surface area contributed by atoms with Crippen LogP contribution in [0.1, 0.15) is 24.2 Å². The van der Waals surface area contributed by atoms with E-state index in [2.05, 4.69) is 42.5 Å². The molecule has 0 bridgehead atoms. The number of hydrogen-bond acceptors (Lipinski definition) is 3. The van der Waals surface area contributed by atoms with Gasteiger partial charge in [0.15, 0.2) is 0 Å². The molecule has 1 rings (SSSR count). The second kappa shape index (κ2) is 7.25. The molecule has 0 fully saturated rings. The van der Waals surface area contributed by atoms with E-state index in [9.17, 15) is 9.59 Å². The molecule has 0 aliphatic heterocycles. The van der Waals surface area contributed by atoms with E-state index in [1.807, 2.05) is 13.8 Å². The molecule has 1 aromatic rings. The molecule has 7 heteroatoms. The minimum Gasteiger partial charge on any atom is -0.354 e. The Morgan fingerprint density at radius 3 is 2.50 bits per heavy atom. The van der Waals surface area contributed by atoms with Crippen molar-refractivity contribution in [2.45, 2.75) is 13.8 Å². The summed E-state index contributed by atoms with van der Waals surface area (Å²) in [6.45, 7) is 4.63. The summed E-state index contributed by atoms with van der Waals surface area (Å²) in [6, 6.07) is 1.72. The van der Waals surface area contributed by atoms with Gasteiger partial charge in [-0.05, 0) is 43.8 Å². The maximum absolute atomic E-state index is 11.8. The van der Waals surface area contributed by atoms with Crippen LogP contribution in [0.5, 0.6) is 0 Å². The summed E-state index contributed by atoms with van der Waals surface area (Å²) in [5.74, 6) is -0.0439. The normalized spacial score (nSPS) is 10.5. The highest BCUT2D eigenvalue weighted by Gasteiger charge is 2.14. The number of halogens is 2. The van der Waals surface area contributed by atoms with Crippen LogP contribution in [0.15, 0.2) is 13.6 Å². The van der Waals surface area contributed by atoms with E-state index >= 15 is 0 Å². The number of rotatable bonds is 5. The molecule has 1 heterocycles. The zero-order valence-corrected chi connectivity index (χ0v) is 14.0. The van der Waals surface area contributed by atoms with Gasteiger partial charge in [-0.1, -0.05) is 13.8 Å². The Kier molecular flexibility index (Phi) is 6.31. The van der Waals surface area contributed by atoms with Crippen molar-refractivity contribution in [1.82, 2.24) is 10.6 Å². The minimum absolute atomic E-state index is 0.00847. The number of carbonyl (C=O) groups excluding carboxylic acids is 2. The van der Waals surface area contributed by atoms with Crippen molar-refractivity contribution in [3.8, 4) is 0 Å². The van der Waals surface area contributed by atoms with Gasteiger partial charge in [0, 0.05) is 6.54 Å². The molecule has 0 saturated carbocycles. The summed E-state index contributed by atoms with van der Waals surface area (Å²) in [5, 5.41) is 5.32. The SMILES string of the molecule is CC(C)CNC(=O)CNC(=O)c1cc(Br)sc1Br. The zero-order chi connectivity index (χ0) is 13.7. The van der Waals surface area contributed by atoms with Gasteiger partial charge in [-0.15, -0.1) is 11.3 Å². The Balaban J connectivity index is 2.42. The lowest BCUT2D eigenvalue weighted by atomic mass is 10.2. The number of nitrogens with one attached hydrogen (secondary N) is 2. The molecule has 0 saturated heterocycles. The van der Waals surface area contributed by atoms with Gasteiger partial charge in [-0.2, -0.15) is 0 Å². The molecular formula is C11H14Br2N2O2S. The summed E-state index contributed by atoms with van der Waals surface area (Å²) >= 11 is 8.02. The molecule has 100 valence electrons. The van der Waals surface area contributed by atoms with E-state index in [4.69, 9.17) is 0 Å². The molecular weight excluding hydrogens is 384 g/mol. The molecule has 4 nitrogen and oxygen atoms in total. The molecule has 1 aromatic heterocycles. The second-order valence-electron chi connectivity index (χ2n) is 4.12. The molecule has 0 atom stereocenters. The molecule has 2 N–H and O–H groups in total. The maximum Gasteiger partial charge on any atom is 0.253 e. The molecule has 0 unspecified atom stereocenters. The Labute approximate surface area is 127 Å². The number of thiophene rings is 1. The molecule has 0 spiro atoms. The Hall–Kier alpha value is -0.400. The third-order valence-corrected chi connectivity index (χ3v) is 4.36. The van der Waals surface area contributed by atoms with Gasteiger partial charge in [-0.3, -0.25) is 9.59 Å². The lowest BCUT2D eigenvalue weighted by molar-refractivity contribution is -0.120. The largest absolute Gasteiger partial charge is 0.354 e. The van der Waals surface area contributed by atoms with Gasteiger partial charge < -0.3 is 10.6 Å². The first kappa shape index (κ1) is 15.7. The fourth-order valence-electron chi connectivity index (χ4n) is 1.13. The first-order chi connectivity index (χ1) is 8.40. The van der Waals surface area contributed by atoms with E-state index in [1.54, 1.807) is 6.07 Å². The highest BCUT2D eigenvalue weighted by molar-refractivity contribution is 9.12. The van der Waals surface area contributed by atoms with Crippen molar-refractivity contribution in [3.05, 3.63) is 19.2 Å². The van der Waals surface area contributed by atoms with Gasteiger partial charge in [0.25, 0.3) is 5.91 Å². The van der Waals surface area contributed by atoms with Gasteiger partial charge in [-0.25, -0.2) is 0 Å². The van der Waals surface area contributed by atoms with Crippen molar-refractivity contribution in [3.63, 3.8) is 0 Å². The predicted octanol–water partition coefficient (Wildman–Crippen LogP) is 2.78. The van der Waals surface area contributed by atoms with Crippen molar-refractivity contribution in [2.75, 3.05) is 13.1 Å². The van der Waals surface area contributed by atoms with Crippen LogP contribution in [-0.4, -0.2) is 24.9 Å². The van der Waals surface area contributed by atoms with Crippen LogP contribution < -0.4 is 10.6 Å². The van der Waals surface area contributed by atoms with Crippen molar-refractivity contribution in [1.29, 1.82) is 0 Å². The molecule has 0 radical (unpaired) electrons. The standard InChI is InChI=1S/C11H14Br2N2O2S/c1-6(2)4-14-9(16)5-15-11(17)7-3-8(12)18-10(7)13/h3,6H,4-5H2,1-2H3,(H,14,16)(H,15,17). The lowest BCUT2D eigenvalue weighted by Crippen LogP contribution is -2.38. The van der Waals surface area contributed by atoms with Crippen LogP contribution in [0.2, 0.25) is 0 Å². The second-order valence-corrected chi connectivity index (χ2v) is 7.87. The van der Waals surface area contributed by atoms with Crippen LogP contribution in [0, 0.1) is 5.92 Å². The fraction of sp³-hybridized carbons (Fsp3) is 0.455. The monoisotopic (exact) mass is 396 g/mol. The van der Waals surface area contributed by atoms with E-state index in [1.165, 1.54) is 11.3 Å². The van der Waals surface area contributed by atoms with Crippen LogP contribution in [0.25, 0.3) is 0 Å². The Morgan fingerprint density at radius 1 is 1.33 bits per heavy atom. The Morgan fingerprint density at radius 2 is 2.00 bits per heavy atom. The minimum atomic E-state index is -0.261. The first-order valence-electron chi connectivity index (χ1n) is 5.40. The van der Waals surface area contributed by atoms with Crippen LogP contribution in [-0.2, 0) is 4.79 Å². The lowest BCUT2D eigenvalue weighted by Gasteiger charge is -2.08. The predicted molar refractivity (Wildman–Crippen MR) is 79.9 cm³/mol. The van der Waals surface area contributed by atoms with Gasteiger partial charge in [0.1, 0.15) is 0 Å². The van der Waals surface area contributed by atoms with Crippen molar-refractivity contribution >= 4 is 55.0 Å². The summed E-state index contributed by atoms with van der Waals surface area (Å²) in [6.07, 6.45) is 0. The third-order valence-electron chi connectivity index (χ3n) is 2.02. The average molecular weight is 398 g/mol. The van der Waals surface area contributed by atoms with Crippen molar-refractivity contribution in [2.24, 2.45) is 5.92 Å². The third kappa shape index (κ3) is 5.07. The summed E-state index contributed by atoms with van der Waals surface area (Å²) in [7, 11) is 0. The van der Waals surface area contributed by atoms with E-state index in [0.717, 1.165) is 7.57 Å². The number of hydrogen-bond donors (Lipinski definition) is 2. The molecule has 0 aliphatic rings. The summed E-state index contributed by atoms with van der Waals surface area (Å²) in [4.78, 5) is 23.2. The van der Waals surface area contributed by atoms with Gasteiger partial charge in [0.2, 0.25) is 5.91 Å². The van der Waals surface area contributed by atoms with E-state index in [0.29, 0.717) is 18.0 Å². The van der Waals surface area contributed by atoms with Crippen LogP contribution in [0.3, 0.4) is 0 Å². The first-order valence-corrected chi connectivity index (χ1v) is 7.80. The Bertz CT molecular complexity index is 446. The quantitative estimate of drug-likeness (QED) is 0.802. The van der Waals surface area contributed by atoms with Crippen LogP contribution in [0.4, 0.5) is 0 Å². The van der Waals surface area contributed by atoms with Crippen molar-refractivity contribution < 1.29 is 9.59 Å². The highest BCUT2D eigenvalue weighted by atomic mass is 79.9. The van der Waals surface area contributed by atoms with Crippen LogP contribution >= 0.6 is 43.2 Å². The summed E-state index contributed by atoms with van der Waals surface area (Å²) < 4.78 is 1.61. The maximum atomic E-state index is 11.8. The molecule has 2 amide bonds. The summed E-state index contributed by atoms with van der Waals surface area (Å²) in [5.41, 5.74) is 0.531. The smallest absolute Gasteiger partial charge is 0.253 e. The van der Waals surface area contributed by atoms with Gasteiger partial charge >= 0.3 is 0 Å². The topological polar surface area (TPSA) is 58.2 Å². The molecule has 0 aromatic carbocycles. The number of carbonyl (C=O) groups is 2. The zero-order valence-electron chi connectivity index (χ0n) is 10.0. The molecule has 18 heavy (non-hydrogen) atoms. The average Bonchev–Trinajstić information content (AvgIpc) is 2.62. The van der Waals surface area contributed by atoms with E-state index < -0.39 is 0 Å². The van der Waals surface area contributed by atoms with E-state index in [-0.39, 0.29) is 18.4 Å². The fourth-order valence-corrected chi connectivity index (χ4v) is 3.92. The number of amides is 2. The van der Waals surface area contributed by atoms with Gasteiger partial charge in [0.05, 0.1) is 19.7 Å². The highest BCUT2D eigenvalue weighted by Crippen LogP contribution is 2.31.